The number of anilines is 2. The van der Waals surface area contributed by atoms with E-state index in [4.69, 9.17) is 0 Å². The molecule has 2 rings (SSSR count). The molecule has 0 bridgehead atoms. The minimum Gasteiger partial charge on any atom is -0.377 e. The van der Waals surface area contributed by atoms with Gasteiger partial charge in [-0.05, 0) is 44.5 Å². The van der Waals surface area contributed by atoms with Gasteiger partial charge < -0.3 is 15.1 Å². The zero-order chi connectivity index (χ0) is 13.1. The van der Waals surface area contributed by atoms with E-state index in [1.165, 1.54) is 36.3 Å². The number of piperidine rings is 1. The van der Waals surface area contributed by atoms with Crippen LogP contribution in [-0.4, -0.2) is 40.3 Å². The summed E-state index contributed by atoms with van der Waals surface area (Å²) in [6.45, 7) is 4.46. The van der Waals surface area contributed by atoms with Crippen LogP contribution in [0.25, 0.3) is 0 Å². The number of likely N-dealkylation sites (N-methyl/N-ethyl adjacent to an activating group) is 1. The molecule has 1 atom stereocenters. The van der Waals surface area contributed by atoms with E-state index in [9.17, 15) is 0 Å². The molecule has 0 spiro atoms. The summed E-state index contributed by atoms with van der Waals surface area (Å²) in [5.74, 6) is 0. The van der Waals surface area contributed by atoms with Crippen LogP contribution in [0.4, 0.5) is 11.4 Å². The van der Waals surface area contributed by atoms with E-state index in [0.717, 1.165) is 6.54 Å². The van der Waals surface area contributed by atoms with Crippen LogP contribution in [0.2, 0.25) is 0 Å². The highest BCUT2D eigenvalue weighted by atomic mass is 15.2. The van der Waals surface area contributed by atoms with Crippen LogP contribution in [0.3, 0.4) is 0 Å². The van der Waals surface area contributed by atoms with E-state index >= 15 is 0 Å². The van der Waals surface area contributed by atoms with Crippen LogP contribution < -0.4 is 15.1 Å². The van der Waals surface area contributed by atoms with Gasteiger partial charge in [0, 0.05) is 44.6 Å². The second kappa shape index (κ2) is 5.61. The molecule has 1 fully saturated rings. The minimum absolute atomic E-state index is 0.628. The molecule has 1 unspecified atom stereocenters. The van der Waals surface area contributed by atoms with E-state index in [0.29, 0.717) is 6.04 Å². The first-order valence-corrected chi connectivity index (χ1v) is 6.82. The predicted octanol–water partition coefficient (Wildman–Crippen LogP) is 2.25. The Labute approximate surface area is 111 Å². The van der Waals surface area contributed by atoms with Crippen LogP contribution in [0.15, 0.2) is 18.2 Å². The number of nitrogens with zero attached hydrogens (tertiary/aromatic N) is 2. The number of hydrogen-bond acceptors (Lipinski definition) is 3. The standard InChI is InChI=1S/C15H25N3/c1-12-7-8-14(10-15(12)17(3)4)18-9-5-6-13(11-18)16-2/h7-8,10,13,16H,5-6,9,11H2,1-4H3. The smallest absolute Gasteiger partial charge is 0.0411 e. The van der Waals surface area contributed by atoms with E-state index in [2.05, 4.69) is 61.4 Å². The molecule has 0 saturated carbocycles. The lowest BCUT2D eigenvalue weighted by Gasteiger charge is -2.35. The third-order valence-corrected chi connectivity index (χ3v) is 3.87. The van der Waals surface area contributed by atoms with Gasteiger partial charge >= 0.3 is 0 Å². The molecule has 3 heteroatoms. The Hall–Kier alpha value is -1.22. The Morgan fingerprint density at radius 3 is 2.78 bits per heavy atom. The molecule has 18 heavy (non-hydrogen) atoms. The molecular formula is C15H25N3. The van der Waals surface area contributed by atoms with Crippen LogP contribution >= 0.6 is 0 Å². The number of aryl methyl sites for hydroxylation is 1. The third kappa shape index (κ3) is 2.78. The highest BCUT2D eigenvalue weighted by Gasteiger charge is 2.19. The Morgan fingerprint density at radius 1 is 1.33 bits per heavy atom. The van der Waals surface area contributed by atoms with Crippen molar-refractivity contribution in [3.63, 3.8) is 0 Å². The molecule has 1 heterocycles. The SMILES string of the molecule is CNC1CCCN(c2ccc(C)c(N(C)C)c2)C1. The normalized spacial score (nSPS) is 20.0. The summed E-state index contributed by atoms with van der Waals surface area (Å²) in [7, 11) is 6.28. The van der Waals surface area contributed by atoms with Crippen molar-refractivity contribution in [3.05, 3.63) is 23.8 Å². The summed E-state index contributed by atoms with van der Waals surface area (Å²) in [5, 5.41) is 3.40. The number of nitrogens with one attached hydrogen (secondary N) is 1. The van der Waals surface area contributed by atoms with Crippen LogP contribution in [0, 0.1) is 6.92 Å². The molecule has 1 aliphatic rings. The van der Waals surface area contributed by atoms with Gasteiger partial charge in [-0.1, -0.05) is 6.07 Å². The Bertz CT molecular complexity index is 401. The Kier molecular flexibility index (Phi) is 4.12. The van der Waals surface area contributed by atoms with Gasteiger partial charge in [0.1, 0.15) is 0 Å². The average molecular weight is 247 g/mol. The first kappa shape index (κ1) is 13.2. The van der Waals surface area contributed by atoms with Crippen LogP contribution in [0.5, 0.6) is 0 Å². The van der Waals surface area contributed by atoms with Crippen molar-refractivity contribution in [2.45, 2.75) is 25.8 Å². The fourth-order valence-corrected chi connectivity index (χ4v) is 2.72. The fourth-order valence-electron chi connectivity index (χ4n) is 2.72. The van der Waals surface area contributed by atoms with E-state index in [1.54, 1.807) is 0 Å². The lowest BCUT2D eigenvalue weighted by atomic mass is 10.0. The first-order chi connectivity index (χ1) is 8.61. The van der Waals surface area contributed by atoms with Crippen molar-refractivity contribution in [3.8, 4) is 0 Å². The second-order valence-corrected chi connectivity index (χ2v) is 5.44. The number of rotatable bonds is 3. The molecule has 1 N–H and O–H groups in total. The second-order valence-electron chi connectivity index (χ2n) is 5.44. The molecule has 1 aromatic rings. The maximum atomic E-state index is 3.40. The van der Waals surface area contributed by atoms with Crippen molar-refractivity contribution in [1.82, 2.24) is 5.32 Å². The lowest BCUT2D eigenvalue weighted by Crippen LogP contribution is -2.44. The molecule has 0 aromatic heterocycles. The zero-order valence-electron chi connectivity index (χ0n) is 12.0. The van der Waals surface area contributed by atoms with Crippen molar-refractivity contribution in [2.75, 3.05) is 44.0 Å². The van der Waals surface area contributed by atoms with E-state index in [-0.39, 0.29) is 0 Å². The molecule has 0 amide bonds. The Balaban J connectivity index is 2.20. The van der Waals surface area contributed by atoms with Crippen molar-refractivity contribution in [2.24, 2.45) is 0 Å². The van der Waals surface area contributed by atoms with E-state index in [1.807, 2.05) is 0 Å². The summed E-state index contributed by atoms with van der Waals surface area (Å²) >= 11 is 0. The first-order valence-electron chi connectivity index (χ1n) is 6.82. The maximum absolute atomic E-state index is 3.40. The molecule has 1 aliphatic heterocycles. The van der Waals surface area contributed by atoms with Crippen LogP contribution in [-0.2, 0) is 0 Å². The molecule has 0 radical (unpaired) electrons. The van der Waals surface area contributed by atoms with Crippen LogP contribution in [0.1, 0.15) is 18.4 Å². The van der Waals surface area contributed by atoms with Gasteiger partial charge in [0.25, 0.3) is 0 Å². The molecule has 0 aliphatic carbocycles. The zero-order valence-corrected chi connectivity index (χ0v) is 12.0. The lowest BCUT2D eigenvalue weighted by molar-refractivity contribution is 0.449. The predicted molar refractivity (Wildman–Crippen MR) is 79.8 cm³/mol. The molecule has 100 valence electrons. The van der Waals surface area contributed by atoms with Crippen molar-refractivity contribution >= 4 is 11.4 Å². The summed E-state index contributed by atoms with van der Waals surface area (Å²) in [6, 6.07) is 7.42. The van der Waals surface area contributed by atoms with Gasteiger partial charge in [0.15, 0.2) is 0 Å². The van der Waals surface area contributed by atoms with Crippen molar-refractivity contribution < 1.29 is 0 Å². The van der Waals surface area contributed by atoms with Gasteiger partial charge in [0.05, 0.1) is 0 Å². The topological polar surface area (TPSA) is 18.5 Å². The van der Waals surface area contributed by atoms with E-state index < -0.39 is 0 Å². The quantitative estimate of drug-likeness (QED) is 0.884. The summed E-state index contributed by atoms with van der Waals surface area (Å²) in [6.07, 6.45) is 2.57. The van der Waals surface area contributed by atoms with Gasteiger partial charge in [0.2, 0.25) is 0 Å². The Morgan fingerprint density at radius 2 is 2.11 bits per heavy atom. The maximum Gasteiger partial charge on any atom is 0.0411 e. The minimum atomic E-state index is 0.628. The highest BCUT2D eigenvalue weighted by Crippen LogP contribution is 2.27. The van der Waals surface area contributed by atoms with Gasteiger partial charge in [-0.3, -0.25) is 0 Å². The molecule has 3 nitrogen and oxygen atoms in total. The van der Waals surface area contributed by atoms with Gasteiger partial charge in [-0.2, -0.15) is 0 Å². The summed E-state index contributed by atoms with van der Waals surface area (Å²) in [5.41, 5.74) is 4.01. The summed E-state index contributed by atoms with van der Waals surface area (Å²) in [4.78, 5) is 4.69. The number of benzene rings is 1. The van der Waals surface area contributed by atoms with Crippen molar-refractivity contribution in [1.29, 1.82) is 0 Å². The highest BCUT2D eigenvalue weighted by molar-refractivity contribution is 5.63. The largest absolute Gasteiger partial charge is 0.377 e. The average Bonchev–Trinajstić information content (AvgIpc) is 2.39. The summed E-state index contributed by atoms with van der Waals surface area (Å²) < 4.78 is 0. The molecule has 1 aromatic carbocycles. The molecule has 1 saturated heterocycles. The fraction of sp³-hybridized carbons (Fsp3) is 0.600. The monoisotopic (exact) mass is 247 g/mol. The number of hydrogen-bond donors (Lipinski definition) is 1. The van der Waals surface area contributed by atoms with Gasteiger partial charge in [-0.25, -0.2) is 0 Å². The third-order valence-electron chi connectivity index (χ3n) is 3.87. The van der Waals surface area contributed by atoms with Gasteiger partial charge in [-0.15, -0.1) is 0 Å². The molecular weight excluding hydrogens is 222 g/mol.